The quantitative estimate of drug-likeness (QED) is 0.800. The Morgan fingerprint density at radius 3 is 2.82 bits per heavy atom. The number of anilines is 1. The topological polar surface area (TPSA) is 39.9 Å². The van der Waals surface area contributed by atoms with Crippen LogP contribution in [0.5, 0.6) is 0 Å². The lowest BCUT2D eigenvalue weighted by Crippen LogP contribution is -2.32. The average Bonchev–Trinajstić information content (AvgIpc) is 2.75. The standard InChI is InChI=1S/C14H19N3/c1-4-17(10(2)3)14-12(9-15)8-11-6-5-7-13(11)16-14/h8,10H,4-7H2,1-3H3. The molecule has 0 radical (unpaired) electrons. The predicted octanol–water partition coefficient (Wildman–Crippen LogP) is 2.68. The van der Waals surface area contributed by atoms with Gasteiger partial charge in [-0.1, -0.05) is 0 Å². The first kappa shape index (κ1) is 11.9. The molecule has 90 valence electrons. The van der Waals surface area contributed by atoms with E-state index in [0.29, 0.717) is 6.04 Å². The highest BCUT2D eigenvalue weighted by Crippen LogP contribution is 2.27. The van der Waals surface area contributed by atoms with Gasteiger partial charge in [0.25, 0.3) is 0 Å². The molecule has 0 N–H and O–H groups in total. The summed E-state index contributed by atoms with van der Waals surface area (Å²) in [5, 5.41) is 9.26. The highest BCUT2D eigenvalue weighted by Gasteiger charge is 2.20. The first-order valence-corrected chi connectivity index (χ1v) is 6.37. The molecule has 3 heteroatoms. The summed E-state index contributed by atoms with van der Waals surface area (Å²) in [6.45, 7) is 7.27. The molecule has 0 fully saturated rings. The van der Waals surface area contributed by atoms with Crippen molar-refractivity contribution in [1.29, 1.82) is 5.26 Å². The second-order valence-electron chi connectivity index (χ2n) is 4.81. The molecule has 1 aromatic heterocycles. The van der Waals surface area contributed by atoms with E-state index in [1.165, 1.54) is 17.7 Å². The Labute approximate surface area is 103 Å². The summed E-state index contributed by atoms with van der Waals surface area (Å²) in [6.07, 6.45) is 3.30. The summed E-state index contributed by atoms with van der Waals surface area (Å²) < 4.78 is 0. The Balaban J connectivity index is 2.49. The van der Waals surface area contributed by atoms with Crippen molar-refractivity contribution in [3.63, 3.8) is 0 Å². The van der Waals surface area contributed by atoms with Gasteiger partial charge in [-0.15, -0.1) is 0 Å². The molecule has 0 amide bonds. The number of aryl methyl sites for hydroxylation is 2. The summed E-state index contributed by atoms with van der Waals surface area (Å²) in [5.74, 6) is 0.866. The number of rotatable bonds is 3. The van der Waals surface area contributed by atoms with E-state index in [0.717, 1.165) is 30.8 Å². The molecule has 0 atom stereocenters. The largest absolute Gasteiger partial charge is 0.353 e. The minimum Gasteiger partial charge on any atom is -0.353 e. The second-order valence-corrected chi connectivity index (χ2v) is 4.81. The SMILES string of the molecule is CCN(c1nc2c(cc1C#N)CCC2)C(C)C. The fourth-order valence-corrected chi connectivity index (χ4v) is 2.52. The third kappa shape index (κ3) is 2.12. The predicted molar refractivity (Wildman–Crippen MR) is 69.1 cm³/mol. The lowest BCUT2D eigenvalue weighted by Gasteiger charge is -2.27. The summed E-state index contributed by atoms with van der Waals surface area (Å²) in [5.41, 5.74) is 3.18. The Bertz CT molecular complexity index is 457. The first-order chi connectivity index (χ1) is 8.17. The Morgan fingerprint density at radius 2 is 2.24 bits per heavy atom. The summed E-state index contributed by atoms with van der Waals surface area (Å²) in [6, 6.07) is 4.70. The number of hydrogen-bond donors (Lipinski definition) is 0. The summed E-state index contributed by atoms with van der Waals surface area (Å²) in [4.78, 5) is 6.91. The maximum atomic E-state index is 9.26. The highest BCUT2D eigenvalue weighted by atomic mass is 15.2. The summed E-state index contributed by atoms with van der Waals surface area (Å²) >= 11 is 0. The molecule has 1 aliphatic rings. The van der Waals surface area contributed by atoms with E-state index in [1.54, 1.807) is 0 Å². The van der Waals surface area contributed by atoms with Crippen molar-refractivity contribution in [3.05, 3.63) is 22.9 Å². The lowest BCUT2D eigenvalue weighted by molar-refractivity contribution is 0.690. The molecule has 0 bridgehead atoms. The molecule has 2 rings (SSSR count). The molecule has 0 saturated heterocycles. The minimum atomic E-state index is 0.374. The third-order valence-electron chi connectivity index (χ3n) is 3.39. The molecular formula is C14H19N3. The van der Waals surface area contributed by atoms with Crippen molar-refractivity contribution in [2.45, 2.75) is 46.1 Å². The number of fused-ring (bicyclic) bond motifs is 1. The van der Waals surface area contributed by atoms with E-state index in [-0.39, 0.29) is 0 Å². The third-order valence-corrected chi connectivity index (χ3v) is 3.39. The fourth-order valence-electron chi connectivity index (χ4n) is 2.52. The minimum absolute atomic E-state index is 0.374. The van der Waals surface area contributed by atoms with Gasteiger partial charge in [0.1, 0.15) is 11.9 Å². The summed E-state index contributed by atoms with van der Waals surface area (Å²) in [7, 11) is 0. The molecule has 0 aromatic carbocycles. The monoisotopic (exact) mass is 229 g/mol. The number of aromatic nitrogens is 1. The van der Waals surface area contributed by atoms with Gasteiger partial charge in [0.05, 0.1) is 5.56 Å². The first-order valence-electron chi connectivity index (χ1n) is 6.37. The van der Waals surface area contributed by atoms with Crippen molar-refractivity contribution in [3.8, 4) is 6.07 Å². The van der Waals surface area contributed by atoms with Crippen molar-refractivity contribution >= 4 is 5.82 Å². The number of hydrogen-bond acceptors (Lipinski definition) is 3. The van der Waals surface area contributed by atoms with Crippen LogP contribution in [0.25, 0.3) is 0 Å². The maximum Gasteiger partial charge on any atom is 0.147 e. The van der Waals surface area contributed by atoms with Crippen LogP contribution in [0.2, 0.25) is 0 Å². The Kier molecular flexibility index (Phi) is 3.33. The molecule has 0 spiro atoms. The van der Waals surface area contributed by atoms with E-state index < -0.39 is 0 Å². The van der Waals surface area contributed by atoms with Crippen LogP contribution in [-0.4, -0.2) is 17.6 Å². The molecule has 0 aliphatic heterocycles. The van der Waals surface area contributed by atoms with Crippen LogP contribution >= 0.6 is 0 Å². The van der Waals surface area contributed by atoms with Crippen LogP contribution in [0.1, 0.15) is 44.0 Å². The van der Waals surface area contributed by atoms with Gasteiger partial charge in [-0.05, 0) is 51.7 Å². The van der Waals surface area contributed by atoms with Gasteiger partial charge in [0, 0.05) is 18.3 Å². The second kappa shape index (κ2) is 4.75. The number of nitriles is 1. The van der Waals surface area contributed by atoms with Gasteiger partial charge in [0.2, 0.25) is 0 Å². The van der Waals surface area contributed by atoms with Crippen molar-refractivity contribution < 1.29 is 0 Å². The zero-order valence-electron chi connectivity index (χ0n) is 10.8. The molecule has 17 heavy (non-hydrogen) atoms. The highest BCUT2D eigenvalue weighted by molar-refractivity contribution is 5.57. The van der Waals surface area contributed by atoms with Crippen LogP contribution in [-0.2, 0) is 12.8 Å². The molecule has 1 heterocycles. The van der Waals surface area contributed by atoms with Crippen molar-refractivity contribution in [2.75, 3.05) is 11.4 Å². The smallest absolute Gasteiger partial charge is 0.147 e. The van der Waals surface area contributed by atoms with Crippen molar-refractivity contribution in [1.82, 2.24) is 4.98 Å². The molecular weight excluding hydrogens is 210 g/mol. The van der Waals surface area contributed by atoms with Crippen LogP contribution in [0, 0.1) is 11.3 Å². The fraction of sp³-hybridized carbons (Fsp3) is 0.571. The van der Waals surface area contributed by atoms with Gasteiger partial charge in [-0.3, -0.25) is 0 Å². The molecule has 1 aliphatic carbocycles. The van der Waals surface area contributed by atoms with Crippen LogP contribution in [0.4, 0.5) is 5.82 Å². The van der Waals surface area contributed by atoms with Gasteiger partial charge < -0.3 is 4.90 Å². The van der Waals surface area contributed by atoms with E-state index in [1.807, 2.05) is 6.07 Å². The Morgan fingerprint density at radius 1 is 1.47 bits per heavy atom. The van der Waals surface area contributed by atoms with Gasteiger partial charge in [-0.25, -0.2) is 4.98 Å². The lowest BCUT2D eigenvalue weighted by atomic mass is 10.1. The van der Waals surface area contributed by atoms with E-state index in [9.17, 15) is 5.26 Å². The average molecular weight is 229 g/mol. The van der Waals surface area contributed by atoms with E-state index >= 15 is 0 Å². The molecule has 1 aromatic rings. The van der Waals surface area contributed by atoms with Gasteiger partial charge in [-0.2, -0.15) is 5.26 Å². The van der Waals surface area contributed by atoms with Crippen molar-refractivity contribution in [2.24, 2.45) is 0 Å². The van der Waals surface area contributed by atoms with E-state index in [2.05, 4.69) is 31.7 Å². The maximum absolute atomic E-state index is 9.26. The van der Waals surface area contributed by atoms with Crippen LogP contribution in [0.15, 0.2) is 6.07 Å². The van der Waals surface area contributed by atoms with Crippen LogP contribution in [0.3, 0.4) is 0 Å². The normalized spacial score (nSPS) is 13.6. The van der Waals surface area contributed by atoms with E-state index in [4.69, 9.17) is 4.98 Å². The van der Waals surface area contributed by atoms with Gasteiger partial charge in [0.15, 0.2) is 0 Å². The van der Waals surface area contributed by atoms with Crippen LogP contribution < -0.4 is 4.90 Å². The Hall–Kier alpha value is -1.56. The van der Waals surface area contributed by atoms with Gasteiger partial charge >= 0.3 is 0 Å². The molecule has 3 nitrogen and oxygen atoms in total. The molecule has 0 unspecified atom stereocenters. The number of pyridine rings is 1. The number of nitrogens with zero attached hydrogens (tertiary/aromatic N) is 3. The zero-order valence-corrected chi connectivity index (χ0v) is 10.8. The zero-order chi connectivity index (χ0) is 12.4. The molecule has 0 saturated carbocycles.